The number of nitrogens with two attached hydrogens (primary N) is 1. The molecule has 5 N–H and O–H groups in total. The zero-order valence-electron chi connectivity index (χ0n) is 17.8. The Hall–Kier alpha value is -2.92. The Morgan fingerprint density at radius 3 is 2.72 bits per heavy atom. The van der Waals surface area contributed by atoms with Crippen LogP contribution in [0.15, 0.2) is 54.9 Å². The number of hydrogen-bond donors (Lipinski definition) is 4. The van der Waals surface area contributed by atoms with Crippen molar-refractivity contribution in [2.24, 2.45) is 0 Å². The first-order valence-corrected chi connectivity index (χ1v) is 11.6. The Kier molecular flexibility index (Phi) is 7.05. The van der Waals surface area contributed by atoms with E-state index in [-0.39, 0.29) is 12.6 Å². The number of benzene rings is 2. The average Bonchev–Trinajstić information content (AvgIpc) is 3.21. The smallest absolute Gasteiger partial charge is 0.227 e. The molecule has 2 aromatic heterocycles. The van der Waals surface area contributed by atoms with Gasteiger partial charge in [0.15, 0.2) is 17.0 Å². The van der Waals surface area contributed by atoms with Crippen LogP contribution in [0.4, 0.5) is 17.5 Å². The van der Waals surface area contributed by atoms with Gasteiger partial charge in [-0.2, -0.15) is 9.97 Å². The van der Waals surface area contributed by atoms with E-state index in [4.69, 9.17) is 10.7 Å². The predicted octanol–water partition coefficient (Wildman–Crippen LogP) is 3.86. The third-order valence-corrected chi connectivity index (χ3v) is 5.93. The summed E-state index contributed by atoms with van der Waals surface area (Å²) in [7, 11) is 0. The molecule has 32 heavy (non-hydrogen) atoms. The normalized spacial score (nSPS) is 12.1. The van der Waals surface area contributed by atoms with Crippen LogP contribution >= 0.6 is 22.6 Å². The monoisotopic (exact) mass is 543 g/mol. The molecule has 0 amide bonds. The lowest BCUT2D eigenvalue weighted by atomic mass is 10.2. The van der Waals surface area contributed by atoms with Crippen LogP contribution in [0, 0.1) is 3.57 Å². The first-order chi connectivity index (χ1) is 15.6. The summed E-state index contributed by atoms with van der Waals surface area (Å²) in [5, 5.41) is 16.2. The molecule has 4 aromatic rings. The van der Waals surface area contributed by atoms with Crippen molar-refractivity contribution >= 4 is 51.2 Å². The van der Waals surface area contributed by atoms with E-state index >= 15 is 0 Å². The minimum absolute atomic E-state index is 0.00290. The van der Waals surface area contributed by atoms with Crippen LogP contribution in [-0.4, -0.2) is 37.3 Å². The van der Waals surface area contributed by atoms with Crippen molar-refractivity contribution in [1.82, 2.24) is 19.5 Å². The van der Waals surface area contributed by atoms with E-state index < -0.39 is 0 Å². The van der Waals surface area contributed by atoms with Gasteiger partial charge in [0.2, 0.25) is 5.95 Å². The highest BCUT2D eigenvalue weighted by Crippen LogP contribution is 2.24. The number of aliphatic hydroxyl groups excluding tert-OH is 1. The molecular formula is C23H26IN7O. The van der Waals surface area contributed by atoms with Crippen molar-refractivity contribution in [3.05, 3.63) is 69.6 Å². The number of rotatable bonds is 9. The fraction of sp³-hybridized carbons (Fsp3) is 0.261. The number of nitrogen functional groups attached to an aromatic ring is 1. The van der Waals surface area contributed by atoms with Gasteiger partial charge in [0.05, 0.1) is 25.5 Å². The Labute approximate surface area is 200 Å². The van der Waals surface area contributed by atoms with Gasteiger partial charge in [-0.3, -0.25) is 0 Å². The van der Waals surface area contributed by atoms with Crippen LogP contribution in [0.1, 0.15) is 24.5 Å². The van der Waals surface area contributed by atoms with E-state index in [9.17, 15) is 5.11 Å². The van der Waals surface area contributed by atoms with Crippen LogP contribution < -0.4 is 16.4 Å². The van der Waals surface area contributed by atoms with Crippen molar-refractivity contribution in [3.8, 4) is 0 Å². The van der Waals surface area contributed by atoms with Crippen molar-refractivity contribution in [1.29, 1.82) is 0 Å². The lowest BCUT2D eigenvalue weighted by Gasteiger charge is -2.16. The maximum Gasteiger partial charge on any atom is 0.227 e. The summed E-state index contributed by atoms with van der Waals surface area (Å²) in [5.41, 5.74) is 10.4. The summed E-state index contributed by atoms with van der Waals surface area (Å²) in [6, 6.07) is 16.0. The number of nitrogens with zero attached hydrogens (tertiary/aromatic N) is 4. The average molecular weight is 543 g/mol. The first kappa shape index (κ1) is 22.3. The van der Waals surface area contributed by atoms with Gasteiger partial charge < -0.3 is 26.0 Å². The molecule has 0 aliphatic heterocycles. The lowest BCUT2D eigenvalue weighted by Crippen LogP contribution is -2.24. The van der Waals surface area contributed by atoms with Crippen LogP contribution in [0.25, 0.3) is 11.2 Å². The van der Waals surface area contributed by atoms with Gasteiger partial charge in [-0.15, -0.1) is 0 Å². The number of aromatic nitrogens is 4. The maximum atomic E-state index is 9.62. The van der Waals surface area contributed by atoms with E-state index in [0.717, 1.165) is 32.5 Å². The van der Waals surface area contributed by atoms with Gasteiger partial charge in [0.1, 0.15) is 0 Å². The summed E-state index contributed by atoms with van der Waals surface area (Å²) >= 11 is 2.27. The molecule has 0 spiro atoms. The Balaban J connectivity index is 1.70. The molecule has 8 nitrogen and oxygen atoms in total. The Morgan fingerprint density at radius 1 is 1.16 bits per heavy atom. The Morgan fingerprint density at radius 2 is 1.97 bits per heavy atom. The fourth-order valence-corrected chi connectivity index (χ4v) is 3.95. The fourth-order valence-electron chi connectivity index (χ4n) is 3.39. The molecule has 166 valence electrons. The van der Waals surface area contributed by atoms with Crippen LogP contribution in [0.2, 0.25) is 0 Å². The maximum absolute atomic E-state index is 9.62. The number of nitrogens with one attached hydrogen (secondary N) is 2. The van der Waals surface area contributed by atoms with Crippen molar-refractivity contribution in [3.63, 3.8) is 0 Å². The lowest BCUT2D eigenvalue weighted by molar-refractivity contribution is 0.271. The van der Waals surface area contributed by atoms with Gasteiger partial charge >= 0.3 is 0 Å². The summed E-state index contributed by atoms with van der Waals surface area (Å²) in [4.78, 5) is 14.0. The van der Waals surface area contributed by atoms with Crippen molar-refractivity contribution in [2.45, 2.75) is 32.5 Å². The standard InChI is InChI=1S/C23H26IN7O/c1-2-18(13-32)28-23-29-21(26-11-16-10-17(24)8-9-19(16)25)20-22(30-23)31(14-27-20)12-15-6-4-3-5-7-15/h3-10,14,18,32H,2,11-13,25H2,1H3,(H2,26,28,29,30). The van der Waals surface area contributed by atoms with Gasteiger partial charge in [0.25, 0.3) is 0 Å². The number of hydrogen-bond acceptors (Lipinski definition) is 7. The second kappa shape index (κ2) is 10.1. The molecule has 4 rings (SSSR count). The van der Waals surface area contributed by atoms with Gasteiger partial charge in [-0.05, 0) is 58.3 Å². The number of fused-ring (bicyclic) bond motifs is 1. The van der Waals surface area contributed by atoms with E-state index in [1.165, 1.54) is 0 Å². The summed E-state index contributed by atoms with van der Waals surface area (Å²) < 4.78 is 3.12. The van der Waals surface area contributed by atoms with Crippen molar-refractivity contribution < 1.29 is 5.11 Å². The van der Waals surface area contributed by atoms with Crippen LogP contribution in [0.3, 0.4) is 0 Å². The molecule has 0 aliphatic rings. The second-order valence-corrected chi connectivity index (χ2v) is 8.80. The predicted molar refractivity (Wildman–Crippen MR) is 137 cm³/mol. The molecule has 1 unspecified atom stereocenters. The number of anilines is 3. The number of aliphatic hydroxyl groups is 1. The minimum atomic E-state index is -0.128. The molecule has 0 aliphatic carbocycles. The van der Waals surface area contributed by atoms with E-state index in [2.05, 4.69) is 55.3 Å². The topological polar surface area (TPSA) is 114 Å². The molecule has 2 aromatic carbocycles. The molecule has 1 atom stereocenters. The zero-order valence-corrected chi connectivity index (χ0v) is 20.0. The van der Waals surface area contributed by atoms with E-state index in [1.54, 1.807) is 6.33 Å². The third-order valence-electron chi connectivity index (χ3n) is 5.26. The number of halogens is 1. The van der Waals surface area contributed by atoms with Crippen LogP contribution in [0.5, 0.6) is 0 Å². The first-order valence-electron chi connectivity index (χ1n) is 10.5. The van der Waals surface area contributed by atoms with Crippen molar-refractivity contribution in [2.75, 3.05) is 23.0 Å². The van der Waals surface area contributed by atoms with Gasteiger partial charge in [-0.25, -0.2) is 4.98 Å². The molecule has 0 saturated carbocycles. The largest absolute Gasteiger partial charge is 0.398 e. The van der Waals surface area contributed by atoms with Crippen LogP contribution in [-0.2, 0) is 13.1 Å². The molecule has 0 bridgehead atoms. The van der Waals surface area contributed by atoms with E-state index in [0.29, 0.717) is 30.4 Å². The molecule has 0 saturated heterocycles. The molecular weight excluding hydrogens is 517 g/mol. The van der Waals surface area contributed by atoms with E-state index in [1.807, 2.05) is 47.9 Å². The molecule has 9 heteroatoms. The third kappa shape index (κ3) is 5.10. The summed E-state index contributed by atoms with van der Waals surface area (Å²) in [5.74, 6) is 1.07. The second-order valence-electron chi connectivity index (χ2n) is 7.55. The highest BCUT2D eigenvalue weighted by molar-refractivity contribution is 14.1. The zero-order chi connectivity index (χ0) is 22.5. The quantitative estimate of drug-likeness (QED) is 0.187. The SMILES string of the molecule is CCC(CO)Nc1nc(NCc2cc(I)ccc2N)c2ncn(Cc3ccccc3)c2n1. The molecule has 2 heterocycles. The Bertz CT molecular complexity index is 1190. The number of imidazole rings is 1. The molecule has 0 radical (unpaired) electrons. The highest BCUT2D eigenvalue weighted by atomic mass is 127. The summed E-state index contributed by atoms with van der Waals surface area (Å²) in [6.07, 6.45) is 2.54. The van der Waals surface area contributed by atoms with Gasteiger partial charge in [-0.1, -0.05) is 37.3 Å². The minimum Gasteiger partial charge on any atom is -0.398 e. The molecule has 0 fully saturated rings. The van der Waals surface area contributed by atoms with Gasteiger partial charge in [0, 0.05) is 15.8 Å². The summed E-state index contributed by atoms with van der Waals surface area (Å²) in [6.45, 7) is 3.17. The highest BCUT2D eigenvalue weighted by Gasteiger charge is 2.16.